The van der Waals surface area contributed by atoms with Crippen molar-refractivity contribution >= 4 is 11.7 Å². The molecule has 0 amide bonds. The molecule has 0 aliphatic heterocycles. The molecule has 8 heteroatoms. The summed E-state index contributed by atoms with van der Waals surface area (Å²) in [6, 6.07) is 4.37. The first-order valence-corrected chi connectivity index (χ1v) is 5.98. The van der Waals surface area contributed by atoms with Gasteiger partial charge < -0.3 is 15.0 Å². The van der Waals surface area contributed by atoms with E-state index in [0.29, 0.717) is 12.2 Å². The Morgan fingerprint density at radius 2 is 2.25 bits per heavy atom. The van der Waals surface area contributed by atoms with Crippen molar-refractivity contribution in [3.05, 3.63) is 28.3 Å². The van der Waals surface area contributed by atoms with Gasteiger partial charge in [-0.15, -0.1) is 0 Å². The van der Waals surface area contributed by atoms with Gasteiger partial charge in [-0.25, -0.2) is 0 Å². The van der Waals surface area contributed by atoms with Crippen molar-refractivity contribution in [2.45, 2.75) is 13.8 Å². The summed E-state index contributed by atoms with van der Waals surface area (Å²) in [5.74, 6) is 0.677. The zero-order chi connectivity index (χ0) is 14.7. The molecular weight excluding hydrogens is 264 g/mol. The third-order valence-electron chi connectivity index (χ3n) is 2.43. The van der Waals surface area contributed by atoms with E-state index in [1.807, 2.05) is 13.8 Å². The molecule has 1 heterocycles. The average Bonchev–Trinajstić information content (AvgIpc) is 2.82. The maximum Gasteiger partial charge on any atom is 0.319 e. The largest absolute Gasteiger partial charge is 0.487 e. The topological polar surface area (TPSA) is 117 Å². The van der Waals surface area contributed by atoms with E-state index in [9.17, 15) is 10.1 Å². The summed E-state index contributed by atoms with van der Waals surface area (Å²) in [6.07, 6.45) is 0. The Labute approximate surface area is 114 Å². The van der Waals surface area contributed by atoms with Gasteiger partial charge in [-0.3, -0.25) is 10.1 Å². The summed E-state index contributed by atoms with van der Waals surface area (Å²) in [6.45, 7) is 4.32. The molecular formula is C12H14N4O4. The molecule has 0 saturated heterocycles. The van der Waals surface area contributed by atoms with Crippen molar-refractivity contribution in [1.82, 2.24) is 10.1 Å². The number of aromatic nitrogens is 2. The van der Waals surface area contributed by atoms with Crippen LogP contribution in [-0.2, 0) is 0 Å². The van der Waals surface area contributed by atoms with Gasteiger partial charge in [-0.05, 0) is 18.1 Å². The van der Waals surface area contributed by atoms with Gasteiger partial charge in [-0.1, -0.05) is 19.0 Å². The zero-order valence-corrected chi connectivity index (χ0v) is 11.1. The van der Waals surface area contributed by atoms with E-state index in [4.69, 9.17) is 10.5 Å². The van der Waals surface area contributed by atoms with Crippen LogP contribution in [0.2, 0.25) is 0 Å². The summed E-state index contributed by atoms with van der Waals surface area (Å²) in [5.41, 5.74) is 5.62. The summed E-state index contributed by atoms with van der Waals surface area (Å²) in [4.78, 5) is 14.4. The predicted octanol–water partition coefficient (Wildman–Crippen LogP) is 2.26. The Balaban J connectivity index is 2.34. The number of nitrogens with zero attached hydrogens (tertiary/aromatic N) is 3. The fourth-order valence-corrected chi connectivity index (χ4v) is 1.53. The van der Waals surface area contributed by atoms with Crippen molar-refractivity contribution in [2.75, 3.05) is 12.3 Å². The Morgan fingerprint density at radius 1 is 1.50 bits per heavy atom. The molecule has 1 aromatic carbocycles. The summed E-state index contributed by atoms with van der Waals surface area (Å²) in [5, 5.41) is 14.7. The maximum absolute atomic E-state index is 11.1. The lowest BCUT2D eigenvalue weighted by molar-refractivity contribution is -0.385. The highest BCUT2D eigenvalue weighted by Crippen LogP contribution is 2.31. The molecule has 0 spiro atoms. The number of ether oxygens (including phenoxy) is 1. The van der Waals surface area contributed by atoms with E-state index < -0.39 is 4.92 Å². The van der Waals surface area contributed by atoms with Gasteiger partial charge in [0.1, 0.15) is 0 Å². The van der Waals surface area contributed by atoms with Crippen LogP contribution in [-0.4, -0.2) is 21.7 Å². The number of hydrogen-bond acceptors (Lipinski definition) is 7. The lowest BCUT2D eigenvalue weighted by Crippen LogP contribution is -2.06. The first-order chi connectivity index (χ1) is 9.47. The Morgan fingerprint density at radius 3 is 2.80 bits per heavy atom. The van der Waals surface area contributed by atoms with E-state index in [1.165, 1.54) is 12.1 Å². The Hall–Kier alpha value is -2.64. The molecule has 2 rings (SSSR count). The fourth-order valence-electron chi connectivity index (χ4n) is 1.53. The number of nitrogen functional groups attached to an aromatic ring is 1. The summed E-state index contributed by atoms with van der Waals surface area (Å²) >= 11 is 0. The molecule has 0 fully saturated rings. The van der Waals surface area contributed by atoms with Gasteiger partial charge in [0.05, 0.1) is 11.5 Å². The van der Waals surface area contributed by atoms with Crippen LogP contribution >= 0.6 is 0 Å². The van der Waals surface area contributed by atoms with E-state index in [1.54, 1.807) is 6.07 Å². The molecule has 1 aromatic heterocycles. The highest BCUT2D eigenvalue weighted by molar-refractivity contribution is 5.63. The predicted molar refractivity (Wildman–Crippen MR) is 71.1 cm³/mol. The van der Waals surface area contributed by atoms with Gasteiger partial charge in [0, 0.05) is 11.6 Å². The van der Waals surface area contributed by atoms with Crippen molar-refractivity contribution in [2.24, 2.45) is 5.92 Å². The van der Waals surface area contributed by atoms with Gasteiger partial charge in [-0.2, -0.15) is 4.98 Å². The lowest BCUT2D eigenvalue weighted by Gasteiger charge is -2.09. The monoisotopic (exact) mass is 278 g/mol. The summed E-state index contributed by atoms with van der Waals surface area (Å²) < 4.78 is 10.1. The highest BCUT2D eigenvalue weighted by Gasteiger charge is 2.19. The molecule has 2 N–H and O–H groups in total. The van der Waals surface area contributed by atoms with E-state index in [2.05, 4.69) is 14.7 Å². The molecule has 2 aromatic rings. The third-order valence-corrected chi connectivity index (χ3v) is 2.43. The fraction of sp³-hybridized carbons (Fsp3) is 0.333. The number of nitro groups is 1. The SMILES string of the molecule is CC(C)COc1ccc(-c2noc(N)n2)cc1[N+](=O)[O-]. The molecule has 0 aliphatic carbocycles. The van der Waals surface area contributed by atoms with Crippen LogP contribution in [0.3, 0.4) is 0 Å². The van der Waals surface area contributed by atoms with Crippen LogP contribution in [0.4, 0.5) is 11.7 Å². The van der Waals surface area contributed by atoms with Crippen molar-refractivity contribution < 1.29 is 14.2 Å². The van der Waals surface area contributed by atoms with Gasteiger partial charge in [0.2, 0.25) is 5.82 Å². The standard InChI is InChI=1S/C12H14N4O4/c1-7(2)6-19-10-4-3-8(5-9(10)16(17)18)11-14-12(13)20-15-11/h3-5,7H,6H2,1-2H3,(H2,13,14,15). The average molecular weight is 278 g/mol. The van der Waals surface area contributed by atoms with Crippen LogP contribution in [0.1, 0.15) is 13.8 Å². The molecule has 0 unspecified atom stereocenters. The molecule has 0 saturated carbocycles. The minimum atomic E-state index is -0.511. The summed E-state index contributed by atoms with van der Waals surface area (Å²) in [7, 11) is 0. The number of benzene rings is 1. The quantitative estimate of drug-likeness (QED) is 0.658. The Bertz CT molecular complexity index is 624. The second-order valence-corrected chi connectivity index (χ2v) is 4.60. The molecule has 0 bridgehead atoms. The minimum absolute atomic E-state index is 0.0946. The molecule has 8 nitrogen and oxygen atoms in total. The van der Waals surface area contributed by atoms with E-state index in [-0.39, 0.29) is 29.2 Å². The smallest absolute Gasteiger partial charge is 0.319 e. The van der Waals surface area contributed by atoms with E-state index in [0.717, 1.165) is 0 Å². The number of anilines is 1. The lowest BCUT2D eigenvalue weighted by atomic mass is 10.1. The number of hydrogen-bond donors (Lipinski definition) is 1. The van der Waals surface area contributed by atoms with Gasteiger partial charge in [0.15, 0.2) is 5.75 Å². The molecule has 20 heavy (non-hydrogen) atoms. The number of rotatable bonds is 5. The minimum Gasteiger partial charge on any atom is -0.487 e. The second-order valence-electron chi connectivity index (χ2n) is 4.60. The maximum atomic E-state index is 11.1. The zero-order valence-electron chi connectivity index (χ0n) is 11.1. The highest BCUT2D eigenvalue weighted by atomic mass is 16.6. The van der Waals surface area contributed by atoms with Crippen LogP contribution in [0, 0.1) is 16.0 Å². The van der Waals surface area contributed by atoms with Crippen LogP contribution < -0.4 is 10.5 Å². The third kappa shape index (κ3) is 3.02. The Kier molecular flexibility index (Phi) is 3.83. The molecule has 0 radical (unpaired) electrons. The van der Waals surface area contributed by atoms with Crippen molar-refractivity contribution in [1.29, 1.82) is 0 Å². The molecule has 106 valence electrons. The first kappa shape index (κ1) is 13.8. The first-order valence-electron chi connectivity index (χ1n) is 5.98. The van der Waals surface area contributed by atoms with Crippen LogP contribution in [0.5, 0.6) is 5.75 Å². The van der Waals surface area contributed by atoms with Gasteiger partial charge in [0.25, 0.3) is 0 Å². The molecule has 0 atom stereocenters. The second kappa shape index (κ2) is 5.55. The number of nitrogens with two attached hydrogens (primary N) is 1. The van der Waals surface area contributed by atoms with Crippen LogP contribution in [0.15, 0.2) is 22.7 Å². The van der Waals surface area contributed by atoms with Crippen LogP contribution in [0.25, 0.3) is 11.4 Å². The normalized spacial score (nSPS) is 10.8. The van der Waals surface area contributed by atoms with Crippen molar-refractivity contribution in [3.8, 4) is 17.1 Å². The van der Waals surface area contributed by atoms with E-state index >= 15 is 0 Å². The molecule has 0 aliphatic rings. The van der Waals surface area contributed by atoms with Crippen molar-refractivity contribution in [3.63, 3.8) is 0 Å². The van der Waals surface area contributed by atoms with Gasteiger partial charge >= 0.3 is 11.7 Å². The number of nitro benzene ring substituents is 1.